The third-order valence-corrected chi connectivity index (χ3v) is 9.98. The largest absolute Gasteiger partial charge is 0.508 e. The number of nitrogens with zero attached hydrogens (tertiary/aromatic N) is 1. The Morgan fingerprint density at radius 1 is 0.400 bits per heavy atom. The first-order valence-electron chi connectivity index (χ1n) is 17.4. The maximum Gasteiger partial charge on any atom is 0.227 e. The summed E-state index contributed by atoms with van der Waals surface area (Å²) in [5.74, 6) is -71.2. The molecular formula is C41H14BF20NO2. The number of hydrogen-bond donors (Lipinski definition) is 1. The second kappa shape index (κ2) is 17.4. The van der Waals surface area contributed by atoms with Crippen molar-refractivity contribution in [3.05, 3.63) is 189 Å². The van der Waals surface area contributed by atoms with Crippen LogP contribution in [0.25, 0.3) is 10.9 Å². The lowest BCUT2D eigenvalue weighted by atomic mass is 9.12. The Hall–Kier alpha value is -7.14. The lowest BCUT2D eigenvalue weighted by molar-refractivity contribution is -0.657. The van der Waals surface area contributed by atoms with Gasteiger partial charge in [-0.1, -0.05) is 30.3 Å². The highest BCUT2D eigenvalue weighted by atomic mass is 19.2. The lowest BCUT2D eigenvalue weighted by Gasteiger charge is -2.44. The quantitative estimate of drug-likeness (QED) is 0.0435. The predicted molar refractivity (Wildman–Crippen MR) is 186 cm³/mol. The van der Waals surface area contributed by atoms with Gasteiger partial charge in [0, 0.05) is 17.0 Å². The number of aromatic nitrogens is 1. The van der Waals surface area contributed by atoms with Crippen LogP contribution in [-0.2, 0) is 6.54 Å². The first-order valence-corrected chi connectivity index (χ1v) is 17.4. The Kier molecular flexibility index (Phi) is 12.7. The summed E-state index contributed by atoms with van der Waals surface area (Å²) < 4.78 is 296. The number of ketones is 1. The predicted octanol–water partition coefficient (Wildman–Crippen LogP) is 8.56. The van der Waals surface area contributed by atoms with Gasteiger partial charge in [-0.05, 0) is 18.2 Å². The van der Waals surface area contributed by atoms with E-state index in [0.29, 0.717) is 5.56 Å². The topological polar surface area (TPSA) is 41.2 Å². The van der Waals surface area contributed by atoms with Crippen molar-refractivity contribution in [3.8, 4) is 5.75 Å². The van der Waals surface area contributed by atoms with Gasteiger partial charge in [0.15, 0.2) is 76.0 Å². The van der Waals surface area contributed by atoms with Crippen LogP contribution in [0.5, 0.6) is 5.75 Å². The van der Waals surface area contributed by atoms with Crippen LogP contribution < -0.4 is 26.4 Å². The van der Waals surface area contributed by atoms with Crippen molar-refractivity contribution in [1.29, 1.82) is 0 Å². The van der Waals surface area contributed by atoms with E-state index in [-0.39, 0.29) is 18.1 Å². The summed E-state index contributed by atoms with van der Waals surface area (Å²) in [6.45, 7) is 0.255. The fraction of sp³-hybridized carbons (Fsp3) is 0.0244. The second-order valence-electron chi connectivity index (χ2n) is 13.5. The molecule has 0 saturated heterocycles. The Labute approximate surface area is 347 Å². The van der Waals surface area contributed by atoms with Gasteiger partial charge in [-0.3, -0.25) is 4.79 Å². The number of phenolic OH excluding ortho intramolecular Hbond substituents is 1. The molecule has 7 aromatic rings. The Balaban J connectivity index is 0.000000289. The van der Waals surface area contributed by atoms with Gasteiger partial charge in [0.05, 0.1) is 6.07 Å². The lowest BCUT2D eigenvalue weighted by Crippen LogP contribution is -2.81. The standard InChI is InChI=1S/C24BF20.C17H13NO2/c26-5-1(6(27)14(35)21(42)13(5)34)25(2-7(28)15(36)22(43)16(37)8(2)29,3-9(30)17(38)23(44)18(39)10(3)31)4-11(32)19(40)24(45)20(41)12(4)33;19-15-9-8-13-7-4-10-18(16(13)11-15)12-17(20)14-5-2-1-3-6-14/h;1-11H,12H2/q-1;/p+1. The molecule has 65 heavy (non-hydrogen) atoms. The van der Waals surface area contributed by atoms with Crippen molar-refractivity contribution in [2.75, 3.05) is 0 Å². The van der Waals surface area contributed by atoms with Crippen LogP contribution in [-0.4, -0.2) is 17.0 Å². The van der Waals surface area contributed by atoms with Crippen LogP contribution in [0, 0.1) is 116 Å². The molecule has 7 rings (SSSR count). The number of Topliss-reactive ketones (excluding diaryl/α,β-unsaturated/α-hetero) is 1. The fourth-order valence-electron chi connectivity index (χ4n) is 7.13. The molecule has 0 saturated carbocycles. The number of benzene rings is 6. The van der Waals surface area contributed by atoms with Crippen LogP contribution >= 0.6 is 0 Å². The van der Waals surface area contributed by atoms with Gasteiger partial charge in [0.2, 0.25) is 17.8 Å². The van der Waals surface area contributed by atoms with Crippen molar-refractivity contribution >= 4 is 44.7 Å². The highest BCUT2D eigenvalue weighted by molar-refractivity contribution is 7.20. The Morgan fingerprint density at radius 3 is 1.03 bits per heavy atom. The van der Waals surface area contributed by atoms with Crippen LogP contribution in [0.2, 0.25) is 0 Å². The van der Waals surface area contributed by atoms with E-state index in [9.17, 15) is 62.6 Å². The van der Waals surface area contributed by atoms with Crippen molar-refractivity contribution in [2.24, 2.45) is 0 Å². The van der Waals surface area contributed by atoms with Crippen molar-refractivity contribution in [2.45, 2.75) is 6.54 Å². The van der Waals surface area contributed by atoms with Gasteiger partial charge in [-0.25, -0.2) is 87.8 Å². The van der Waals surface area contributed by atoms with Crippen LogP contribution in [0.15, 0.2) is 66.9 Å². The summed E-state index contributed by atoms with van der Waals surface area (Å²) in [5, 5.41) is 10.6. The van der Waals surface area contributed by atoms with E-state index in [1.54, 1.807) is 12.1 Å². The summed E-state index contributed by atoms with van der Waals surface area (Å²) in [6, 6.07) is 18.2. The Morgan fingerprint density at radius 2 is 0.708 bits per heavy atom. The van der Waals surface area contributed by atoms with Crippen molar-refractivity contribution < 1.29 is 102 Å². The molecule has 338 valence electrons. The van der Waals surface area contributed by atoms with Gasteiger partial charge >= 0.3 is 0 Å². The fourth-order valence-corrected chi connectivity index (χ4v) is 7.13. The maximum atomic E-state index is 15.4. The summed E-state index contributed by atoms with van der Waals surface area (Å²) >= 11 is 0. The first kappa shape index (κ1) is 47.3. The maximum absolute atomic E-state index is 15.4. The minimum atomic E-state index is -7.22. The van der Waals surface area contributed by atoms with Gasteiger partial charge in [0.25, 0.3) is 0 Å². The molecule has 0 spiro atoms. The molecule has 0 unspecified atom stereocenters. The summed E-state index contributed by atoms with van der Waals surface area (Å²) in [7, 11) is 0. The number of phenols is 1. The zero-order valence-corrected chi connectivity index (χ0v) is 31.0. The SMILES string of the molecule is Fc1c(F)c(F)c([B-](c2c(F)c(F)c(F)c(F)c2F)(c2c(F)c(F)c(F)c(F)c2F)c2c(F)c(F)c(F)c(F)c2F)c(F)c1F.O=C(C[n+]1cccc2ccc(O)cc21)c1ccccc1. The van der Waals surface area contributed by atoms with Crippen LogP contribution in [0.1, 0.15) is 10.4 Å². The molecule has 1 N–H and O–H groups in total. The number of rotatable bonds is 7. The monoisotopic (exact) mass is 943 g/mol. The molecule has 6 aromatic carbocycles. The molecule has 0 aliphatic carbocycles. The molecule has 24 heteroatoms. The average molecular weight is 943 g/mol. The summed E-state index contributed by atoms with van der Waals surface area (Å²) in [5.41, 5.74) is -12.8. The molecule has 0 aliphatic rings. The number of fused-ring (bicyclic) bond motifs is 1. The van der Waals surface area contributed by atoms with Gasteiger partial charge in [-0.15, -0.1) is 21.9 Å². The van der Waals surface area contributed by atoms with E-state index < -0.39 is 144 Å². The van der Waals surface area contributed by atoms with E-state index in [0.717, 1.165) is 10.9 Å². The van der Waals surface area contributed by atoms with Crippen LogP contribution in [0.3, 0.4) is 0 Å². The molecule has 0 fully saturated rings. The van der Waals surface area contributed by atoms with E-state index in [1.807, 2.05) is 59.3 Å². The smallest absolute Gasteiger partial charge is 0.227 e. The third-order valence-electron chi connectivity index (χ3n) is 9.98. The molecule has 0 aliphatic heterocycles. The first-order chi connectivity index (χ1) is 30.4. The summed E-state index contributed by atoms with van der Waals surface area (Å²) in [6.07, 6.45) is -5.37. The molecular weight excluding hydrogens is 929 g/mol. The van der Waals surface area contributed by atoms with E-state index in [4.69, 9.17) is 0 Å². The number of carbonyl (C=O) groups is 1. The zero-order chi connectivity index (χ0) is 48.3. The molecule has 0 atom stereocenters. The molecule has 3 nitrogen and oxygen atoms in total. The second-order valence-corrected chi connectivity index (χ2v) is 13.5. The number of aromatic hydroxyl groups is 1. The molecule has 0 amide bonds. The number of halogens is 20. The third kappa shape index (κ3) is 7.42. The van der Waals surface area contributed by atoms with E-state index in [1.165, 1.54) is 0 Å². The van der Waals surface area contributed by atoms with Gasteiger partial charge in [-0.2, -0.15) is 4.57 Å². The highest BCUT2D eigenvalue weighted by Gasteiger charge is 2.52. The number of pyridine rings is 1. The minimum Gasteiger partial charge on any atom is -0.508 e. The highest BCUT2D eigenvalue weighted by Crippen LogP contribution is 2.31. The zero-order valence-electron chi connectivity index (χ0n) is 31.0. The molecule has 0 bridgehead atoms. The summed E-state index contributed by atoms with van der Waals surface area (Å²) in [4.78, 5) is 12.3. The minimum absolute atomic E-state index is 0.0476. The van der Waals surface area contributed by atoms with Crippen molar-refractivity contribution in [1.82, 2.24) is 0 Å². The van der Waals surface area contributed by atoms with E-state index in [2.05, 4.69) is 0 Å². The Bertz CT molecular complexity index is 2730. The number of hydrogen-bond acceptors (Lipinski definition) is 2. The van der Waals surface area contributed by atoms with Crippen molar-refractivity contribution in [3.63, 3.8) is 0 Å². The normalized spacial score (nSPS) is 11.6. The van der Waals surface area contributed by atoms with Crippen LogP contribution in [0.4, 0.5) is 87.8 Å². The molecule has 1 aromatic heterocycles. The van der Waals surface area contributed by atoms with Gasteiger partial charge in [0.1, 0.15) is 58.4 Å². The molecule has 0 radical (unpaired) electrons. The van der Waals surface area contributed by atoms with E-state index >= 15 is 35.1 Å². The average Bonchev–Trinajstić information content (AvgIpc) is 3.29. The van der Waals surface area contributed by atoms with Gasteiger partial charge < -0.3 is 5.11 Å². The molecule has 1 heterocycles. The number of carbonyl (C=O) groups excluding carboxylic acids is 1.